The van der Waals surface area contributed by atoms with E-state index in [-0.39, 0.29) is 11.9 Å². The molecule has 1 amide bonds. The molecule has 2 heterocycles. The van der Waals surface area contributed by atoms with Crippen molar-refractivity contribution in [1.82, 2.24) is 9.88 Å². The van der Waals surface area contributed by atoms with Crippen LogP contribution in [0.1, 0.15) is 16.8 Å². The largest absolute Gasteiger partial charge is 0.337 e. The predicted octanol–water partition coefficient (Wildman–Crippen LogP) is 3.17. The Hall–Kier alpha value is -1.37. The molecule has 1 atom stereocenters. The lowest BCUT2D eigenvalue weighted by atomic mass is 10.2. The highest BCUT2D eigenvalue weighted by atomic mass is 79.9. The van der Waals surface area contributed by atoms with E-state index in [1.807, 2.05) is 41.3 Å². The van der Waals surface area contributed by atoms with Crippen LogP contribution >= 0.6 is 27.7 Å². The van der Waals surface area contributed by atoms with Crippen LogP contribution in [0.25, 0.3) is 0 Å². The fourth-order valence-electron chi connectivity index (χ4n) is 2.41. The van der Waals surface area contributed by atoms with Crippen LogP contribution in [0, 0.1) is 0 Å². The van der Waals surface area contributed by atoms with Crippen LogP contribution < -0.4 is 5.73 Å². The molecule has 1 aliphatic heterocycles. The number of nitrogens with two attached hydrogens (primary N) is 1. The Bertz CT molecular complexity index is 677. The standard InChI is InChI=1S/C16H16BrN3OS/c17-11-5-6-15(19-9-11)22-14-4-2-1-3-13(14)16(21)20-8-7-12(18)10-20/h1-6,9,12H,7-8,10,18H2/t12-/m1/s1. The van der Waals surface area contributed by atoms with E-state index in [1.165, 1.54) is 11.8 Å². The summed E-state index contributed by atoms with van der Waals surface area (Å²) in [5.41, 5.74) is 6.62. The fourth-order valence-corrected chi connectivity index (χ4v) is 3.52. The Kier molecular flexibility index (Phi) is 4.81. The van der Waals surface area contributed by atoms with Crippen LogP contribution in [0.2, 0.25) is 0 Å². The molecule has 4 nitrogen and oxygen atoms in total. The van der Waals surface area contributed by atoms with Gasteiger partial charge in [-0.3, -0.25) is 4.79 Å². The number of pyridine rings is 1. The Morgan fingerprint density at radius 2 is 2.14 bits per heavy atom. The van der Waals surface area contributed by atoms with Gasteiger partial charge in [0.15, 0.2) is 0 Å². The van der Waals surface area contributed by atoms with Gasteiger partial charge in [0, 0.05) is 34.7 Å². The third-order valence-corrected chi connectivity index (χ3v) is 5.04. The number of carbonyl (C=O) groups is 1. The maximum atomic E-state index is 12.7. The Balaban J connectivity index is 1.83. The molecule has 0 bridgehead atoms. The van der Waals surface area contributed by atoms with E-state index >= 15 is 0 Å². The Morgan fingerprint density at radius 1 is 1.32 bits per heavy atom. The highest BCUT2D eigenvalue weighted by Gasteiger charge is 2.26. The van der Waals surface area contributed by atoms with Gasteiger partial charge >= 0.3 is 0 Å². The van der Waals surface area contributed by atoms with Crippen molar-refractivity contribution in [3.63, 3.8) is 0 Å². The van der Waals surface area contributed by atoms with Crippen LogP contribution in [-0.4, -0.2) is 34.9 Å². The number of likely N-dealkylation sites (tertiary alicyclic amines) is 1. The second-order valence-electron chi connectivity index (χ2n) is 5.21. The lowest BCUT2D eigenvalue weighted by molar-refractivity contribution is 0.0787. The molecular formula is C16H16BrN3OS. The van der Waals surface area contributed by atoms with Crippen molar-refractivity contribution in [2.24, 2.45) is 5.73 Å². The summed E-state index contributed by atoms with van der Waals surface area (Å²) >= 11 is 4.87. The lowest BCUT2D eigenvalue weighted by Gasteiger charge is -2.17. The van der Waals surface area contributed by atoms with Crippen LogP contribution in [0.5, 0.6) is 0 Å². The minimum absolute atomic E-state index is 0.0492. The number of amides is 1. The van der Waals surface area contributed by atoms with Gasteiger partial charge in [0.1, 0.15) is 5.03 Å². The van der Waals surface area contributed by atoms with Gasteiger partial charge < -0.3 is 10.6 Å². The molecule has 22 heavy (non-hydrogen) atoms. The van der Waals surface area contributed by atoms with Crippen LogP contribution in [0.15, 0.2) is 57.0 Å². The molecule has 1 fully saturated rings. The van der Waals surface area contributed by atoms with Crippen molar-refractivity contribution < 1.29 is 4.79 Å². The molecule has 2 aromatic rings. The first-order valence-corrected chi connectivity index (χ1v) is 8.68. The SMILES string of the molecule is N[C@@H]1CCN(C(=O)c2ccccc2Sc2ccc(Br)cn2)C1. The summed E-state index contributed by atoms with van der Waals surface area (Å²) in [7, 11) is 0. The summed E-state index contributed by atoms with van der Waals surface area (Å²) in [5.74, 6) is 0.0492. The maximum Gasteiger partial charge on any atom is 0.255 e. The number of carbonyl (C=O) groups excluding carboxylic acids is 1. The average molecular weight is 378 g/mol. The zero-order valence-corrected chi connectivity index (χ0v) is 14.3. The second-order valence-corrected chi connectivity index (χ2v) is 7.19. The molecule has 0 spiro atoms. The first kappa shape index (κ1) is 15.5. The quantitative estimate of drug-likeness (QED) is 0.892. The normalized spacial score (nSPS) is 17.7. The van der Waals surface area contributed by atoms with E-state index < -0.39 is 0 Å². The van der Waals surface area contributed by atoms with Crippen molar-refractivity contribution in [2.45, 2.75) is 22.4 Å². The first-order valence-electron chi connectivity index (χ1n) is 7.07. The summed E-state index contributed by atoms with van der Waals surface area (Å²) in [4.78, 5) is 19.8. The van der Waals surface area contributed by atoms with E-state index in [0.717, 1.165) is 27.4 Å². The lowest BCUT2D eigenvalue weighted by Crippen LogP contribution is -2.32. The molecule has 0 radical (unpaired) electrons. The molecule has 0 aliphatic carbocycles. The molecule has 1 saturated heterocycles. The van der Waals surface area contributed by atoms with Crippen LogP contribution in [-0.2, 0) is 0 Å². The van der Waals surface area contributed by atoms with Gasteiger partial charge in [0.25, 0.3) is 5.91 Å². The predicted molar refractivity (Wildman–Crippen MR) is 91.0 cm³/mol. The summed E-state index contributed by atoms with van der Waals surface area (Å²) in [6.45, 7) is 1.36. The topological polar surface area (TPSA) is 59.2 Å². The molecule has 3 rings (SSSR count). The maximum absolute atomic E-state index is 12.7. The van der Waals surface area contributed by atoms with E-state index in [2.05, 4.69) is 20.9 Å². The summed E-state index contributed by atoms with van der Waals surface area (Å²) in [6.07, 6.45) is 2.63. The van der Waals surface area contributed by atoms with Gasteiger partial charge in [-0.15, -0.1) is 0 Å². The minimum Gasteiger partial charge on any atom is -0.337 e. The fraction of sp³-hybridized carbons (Fsp3) is 0.250. The van der Waals surface area contributed by atoms with Crippen molar-refractivity contribution in [3.05, 3.63) is 52.6 Å². The van der Waals surface area contributed by atoms with Gasteiger partial charge in [-0.05, 0) is 46.6 Å². The number of halogens is 1. The van der Waals surface area contributed by atoms with Gasteiger partial charge in [-0.25, -0.2) is 4.98 Å². The second kappa shape index (κ2) is 6.81. The Morgan fingerprint density at radius 3 is 2.82 bits per heavy atom. The molecule has 2 N–H and O–H groups in total. The van der Waals surface area contributed by atoms with Crippen LogP contribution in [0.3, 0.4) is 0 Å². The zero-order valence-electron chi connectivity index (χ0n) is 11.9. The number of rotatable bonds is 3. The number of hydrogen-bond donors (Lipinski definition) is 1. The van der Waals surface area contributed by atoms with Crippen molar-refractivity contribution in [3.8, 4) is 0 Å². The van der Waals surface area contributed by atoms with E-state index in [9.17, 15) is 4.79 Å². The zero-order chi connectivity index (χ0) is 15.5. The monoisotopic (exact) mass is 377 g/mol. The molecule has 114 valence electrons. The molecule has 0 unspecified atom stereocenters. The summed E-state index contributed by atoms with van der Waals surface area (Å²) in [5, 5.41) is 0.863. The highest BCUT2D eigenvalue weighted by Crippen LogP contribution is 2.30. The van der Waals surface area contributed by atoms with Gasteiger partial charge in [0.2, 0.25) is 0 Å². The molecule has 1 aliphatic rings. The number of benzene rings is 1. The average Bonchev–Trinajstić information content (AvgIpc) is 2.96. The van der Waals surface area contributed by atoms with E-state index in [0.29, 0.717) is 12.1 Å². The van der Waals surface area contributed by atoms with Gasteiger partial charge in [-0.1, -0.05) is 23.9 Å². The molecule has 1 aromatic heterocycles. The molecule has 1 aromatic carbocycles. The van der Waals surface area contributed by atoms with Gasteiger partial charge in [-0.2, -0.15) is 0 Å². The molecule has 0 saturated carbocycles. The van der Waals surface area contributed by atoms with Crippen molar-refractivity contribution in [1.29, 1.82) is 0 Å². The number of nitrogens with zero attached hydrogens (tertiary/aromatic N) is 2. The van der Waals surface area contributed by atoms with Crippen LogP contribution in [0.4, 0.5) is 0 Å². The van der Waals surface area contributed by atoms with Gasteiger partial charge in [0.05, 0.1) is 5.56 Å². The summed E-state index contributed by atoms with van der Waals surface area (Å²) in [6, 6.07) is 11.6. The Labute approximate surface area is 142 Å². The minimum atomic E-state index is 0.0492. The summed E-state index contributed by atoms with van der Waals surface area (Å²) < 4.78 is 0.937. The van der Waals surface area contributed by atoms with Crippen molar-refractivity contribution in [2.75, 3.05) is 13.1 Å². The highest BCUT2D eigenvalue weighted by molar-refractivity contribution is 9.10. The van der Waals surface area contributed by atoms with Crippen molar-refractivity contribution >= 4 is 33.6 Å². The third-order valence-electron chi connectivity index (χ3n) is 3.54. The molecular weight excluding hydrogens is 362 g/mol. The first-order chi connectivity index (χ1) is 10.6. The molecule has 6 heteroatoms. The van der Waals surface area contributed by atoms with E-state index in [4.69, 9.17) is 5.73 Å². The number of hydrogen-bond acceptors (Lipinski definition) is 4. The number of aromatic nitrogens is 1. The third kappa shape index (κ3) is 3.51. The van der Waals surface area contributed by atoms with E-state index in [1.54, 1.807) is 6.20 Å². The smallest absolute Gasteiger partial charge is 0.255 e.